The fourth-order valence-electron chi connectivity index (χ4n) is 0.785. The van der Waals surface area contributed by atoms with Crippen LogP contribution in [0.5, 0.6) is 0 Å². The van der Waals surface area contributed by atoms with E-state index >= 15 is 0 Å². The van der Waals surface area contributed by atoms with Crippen molar-refractivity contribution in [2.45, 2.75) is 32.4 Å². The Kier molecular flexibility index (Phi) is 5.07. The number of ether oxygens (including phenoxy) is 2. The largest absolute Gasteiger partial charge is 0.548 e. The smallest absolute Gasteiger partial charge is 0.408 e. The van der Waals surface area contributed by atoms with E-state index in [1.54, 1.807) is 20.8 Å². The Morgan fingerprint density at radius 2 is 1.93 bits per heavy atom. The van der Waals surface area contributed by atoms with Crippen LogP contribution in [0.4, 0.5) is 4.79 Å². The summed E-state index contributed by atoms with van der Waals surface area (Å²) in [5, 5.41) is 12.7. The number of hydrogen-bond acceptors (Lipinski definition) is 5. The highest BCUT2D eigenvalue weighted by Crippen LogP contribution is 2.06. The summed E-state index contributed by atoms with van der Waals surface area (Å²) in [7, 11) is 1.33. The van der Waals surface area contributed by atoms with E-state index in [1.807, 2.05) is 0 Å². The Labute approximate surface area is 88.6 Å². The minimum absolute atomic E-state index is 0.165. The highest BCUT2D eigenvalue weighted by molar-refractivity contribution is 5.78. The lowest BCUT2D eigenvalue weighted by molar-refractivity contribution is -0.309. The van der Waals surface area contributed by atoms with Gasteiger partial charge in [-0.15, -0.1) is 0 Å². The van der Waals surface area contributed by atoms with E-state index < -0.39 is 23.7 Å². The van der Waals surface area contributed by atoms with Crippen LogP contribution in [0.15, 0.2) is 0 Å². The molecule has 0 fully saturated rings. The van der Waals surface area contributed by atoms with Gasteiger partial charge in [-0.05, 0) is 20.8 Å². The van der Waals surface area contributed by atoms with Gasteiger partial charge in [0.1, 0.15) is 5.60 Å². The minimum Gasteiger partial charge on any atom is -0.548 e. The van der Waals surface area contributed by atoms with Gasteiger partial charge in [0.15, 0.2) is 0 Å². The third kappa shape index (κ3) is 6.73. The zero-order valence-corrected chi connectivity index (χ0v) is 9.33. The minimum atomic E-state index is -1.41. The zero-order chi connectivity index (χ0) is 12.1. The predicted octanol–water partition coefficient (Wildman–Crippen LogP) is -0.724. The van der Waals surface area contributed by atoms with Crippen molar-refractivity contribution >= 4 is 12.1 Å². The van der Waals surface area contributed by atoms with Gasteiger partial charge in [-0.1, -0.05) is 0 Å². The Morgan fingerprint density at radius 1 is 1.40 bits per heavy atom. The molecule has 0 aliphatic rings. The summed E-state index contributed by atoms with van der Waals surface area (Å²) in [5.74, 6) is -1.41. The Bertz CT molecular complexity index is 233. The van der Waals surface area contributed by atoms with Gasteiger partial charge in [-0.3, -0.25) is 0 Å². The number of carboxylic acids is 1. The highest BCUT2D eigenvalue weighted by atomic mass is 16.6. The molecule has 0 aliphatic carbocycles. The van der Waals surface area contributed by atoms with Crippen molar-refractivity contribution in [2.75, 3.05) is 13.7 Å². The maximum absolute atomic E-state index is 11.2. The first kappa shape index (κ1) is 13.7. The number of alkyl carbamates (subject to hydrolysis) is 1. The average Bonchev–Trinajstić information content (AvgIpc) is 1.99. The zero-order valence-electron chi connectivity index (χ0n) is 9.33. The number of carbonyl (C=O) groups excluding carboxylic acids is 2. The van der Waals surface area contributed by atoms with Crippen molar-refractivity contribution in [3.05, 3.63) is 0 Å². The predicted molar refractivity (Wildman–Crippen MR) is 50.0 cm³/mol. The number of rotatable bonds is 4. The van der Waals surface area contributed by atoms with Gasteiger partial charge in [-0.2, -0.15) is 0 Å². The number of carboxylic acid groups (broad SMARTS) is 1. The SMILES string of the molecule is COC[C@@H](NC(=O)OC(C)(C)C)C(=O)[O-]. The molecule has 0 heterocycles. The van der Waals surface area contributed by atoms with Crippen LogP contribution in [0.3, 0.4) is 0 Å². The number of nitrogens with one attached hydrogen (secondary N) is 1. The normalized spacial score (nSPS) is 13.1. The molecule has 0 aliphatic heterocycles. The molecular weight excluding hydrogens is 202 g/mol. The van der Waals surface area contributed by atoms with E-state index in [-0.39, 0.29) is 6.61 Å². The molecule has 0 aromatic heterocycles. The fourth-order valence-corrected chi connectivity index (χ4v) is 0.785. The summed E-state index contributed by atoms with van der Waals surface area (Å²) < 4.78 is 9.47. The molecule has 0 unspecified atom stereocenters. The number of carbonyl (C=O) groups is 2. The second kappa shape index (κ2) is 5.55. The van der Waals surface area contributed by atoms with E-state index in [4.69, 9.17) is 4.74 Å². The van der Waals surface area contributed by atoms with Crippen molar-refractivity contribution in [1.29, 1.82) is 0 Å². The number of aliphatic carboxylic acids is 1. The highest BCUT2D eigenvalue weighted by Gasteiger charge is 2.19. The summed E-state index contributed by atoms with van der Waals surface area (Å²) in [6, 6.07) is -1.20. The summed E-state index contributed by atoms with van der Waals surface area (Å²) in [6.45, 7) is 4.87. The summed E-state index contributed by atoms with van der Waals surface area (Å²) in [5.41, 5.74) is -0.673. The van der Waals surface area contributed by atoms with Gasteiger partial charge in [0.05, 0.1) is 18.6 Å². The van der Waals surface area contributed by atoms with Crippen LogP contribution in [0.1, 0.15) is 20.8 Å². The molecule has 0 aromatic rings. The second-order valence-corrected chi connectivity index (χ2v) is 3.97. The summed E-state index contributed by atoms with van der Waals surface area (Å²) in [4.78, 5) is 21.7. The molecular formula is C9H16NO5-. The average molecular weight is 218 g/mol. The van der Waals surface area contributed by atoms with E-state index in [2.05, 4.69) is 10.1 Å². The Balaban J connectivity index is 4.18. The molecule has 15 heavy (non-hydrogen) atoms. The van der Waals surface area contributed by atoms with Crippen molar-refractivity contribution < 1.29 is 24.2 Å². The molecule has 0 radical (unpaired) electrons. The third-order valence-electron chi connectivity index (χ3n) is 1.31. The van der Waals surface area contributed by atoms with E-state index in [0.29, 0.717) is 0 Å². The van der Waals surface area contributed by atoms with Crippen LogP contribution >= 0.6 is 0 Å². The summed E-state index contributed by atoms with van der Waals surface area (Å²) >= 11 is 0. The maximum atomic E-state index is 11.2. The fraction of sp³-hybridized carbons (Fsp3) is 0.778. The molecule has 0 saturated heterocycles. The van der Waals surface area contributed by atoms with Crippen molar-refractivity contribution in [2.24, 2.45) is 0 Å². The molecule has 0 bridgehead atoms. The van der Waals surface area contributed by atoms with Gasteiger partial charge in [0.25, 0.3) is 0 Å². The Hall–Kier alpha value is -1.30. The van der Waals surface area contributed by atoms with Gasteiger partial charge < -0.3 is 24.7 Å². The standard InChI is InChI=1S/C9H17NO5/c1-9(2,3)15-8(13)10-6(5-14-4)7(11)12/h6H,5H2,1-4H3,(H,10,13)(H,11,12)/p-1/t6-/m1/s1. The molecule has 0 rings (SSSR count). The summed E-state index contributed by atoms with van der Waals surface area (Å²) in [6.07, 6.45) is -0.811. The Morgan fingerprint density at radius 3 is 2.27 bits per heavy atom. The molecule has 1 amide bonds. The van der Waals surface area contributed by atoms with Crippen molar-refractivity contribution in [3.8, 4) is 0 Å². The second-order valence-electron chi connectivity index (χ2n) is 3.97. The van der Waals surface area contributed by atoms with Gasteiger partial charge in [-0.25, -0.2) is 4.79 Å². The van der Waals surface area contributed by atoms with Gasteiger partial charge in [0.2, 0.25) is 0 Å². The van der Waals surface area contributed by atoms with Gasteiger partial charge >= 0.3 is 6.09 Å². The van der Waals surface area contributed by atoms with E-state index in [9.17, 15) is 14.7 Å². The molecule has 0 saturated carbocycles. The molecule has 88 valence electrons. The first-order valence-electron chi connectivity index (χ1n) is 4.45. The number of methoxy groups -OCH3 is 1. The number of hydrogen-bond donors (Lipinski definition) is 1. The lowest BCUT2D eigenvalue weighted by Crippen LogP contribution is -2.51. The number of amides is 1. The maximum Gasteiger partial charge on any atom is 0.408 e. The van der Waals surface area contributed by atoms with E-state index in [1.165, 1.54) is 7.11 Å². The molecule has 0 spiro atoms. The van der Waals surface area contributed by atoms with Crippen molar-refractivity contribution in [1.82, 2.24) is 5.32 Å². The lowest BCUT2D eigenvalue weighted by atomic mass is 10.2. The first-order chi connectivity index (χ1) is 6.76. The third-order valence-corrected chi connectivity index (χ3v) is 1.31. The molecule has 1 N–H and O–H groups in total. The monoisotopic (exact) mass is 218 g/mol. The van der Waals surface area contributed by atoms with Crippen LogP contribution in [0.2, 0.25) is 0 Å². The molecule has 6 nitrogen and oxygen atoms in total. The lowest BCUT2D eigenvalue weighted by Gasteiger charge is -2.23. The molecule has 6 heteroatoms. The van der Waals surface area contributed by atoms with Gasteiger partial charge in [0, 0.05) is 7.11 Å². The van der Waals surface area contributed by atoms with E-state index in [0.717, 1.165) is 0 Å². The van der Waals surface area contributed by atoms with Crippen LogP contribution in [-0.2, 0) is 14.3 Å². The van der Waals surface area contributed by atoms with Crippen LogP contribution in [0.25, 0.3) is 0 Å². The van der Waals surface area contributed by atoms with Crippen LogP contribution in [-0.4, -0.2) is 37.4 Å². The quantitative estimate of drug-likeness (QED) is 0.672. The topological polar surface area (TPSA) is 87.7 Å². The molecule has 0 aromatic carbocycles. The van der Waals surface area contributed by atoms with Crippen LogP contribution in [0, 0.1) is 0 Å². The molecule has 1 atom stereocenters. The first-order valence-corrected chi connectivity index (χ1v) is 4.45. The van der Waals surface area contributed by atoms with Crippen molar-refractivity contribution in [3.63, 3.8) is 0 Å². The van der Waals surface area contributed by atoms with Crippen LogP contribution < -0.4 is 10.4 Å².